The van der Waals surface area contributed by atoms with Gasteiger partial charge in [0.25, 0.3) is 0 Å². The van der Waals surface area contributed by atoms with Gasteiger partial charge in [0.05, 0.1) is 18.5 Å². The summed E-state index contributed by atoms with van der Waals surface area (Å²) in [6.45, 7) is 6.09. The molecule has 0 radical (unpaired) electrons. The lowest BCUT2D eigenvalue weighted by molar-refractivity contribution is 0.201. The van der Waals surface area contributed by atoms with Gasteiger partial charge in [-0.25, -0.2) is 4.98 Å². The molecule has 2 heterocycles. The van der Waals surface area contributed by atoms with Gasteiger partial charge in [0.2, 0.25) is 0 Å². The highest BCUT2D eigenvalue weighted by molar-refractivity contribution is 5.68. The van der Waals surface area contributed by atoms with E-state index in [1.165, 1.54) is 5.56 Å². The van der Waals surface area contributed by atoms with Crippen molar-refractivity contribution < 1.29 is 4.74 Å². The van der Waals surface area contributed by atoms with E-state index in [0.29, 0.717) is 6.04 Å². The van der Waals surface area contributed by atoms with Crippen molar-refractivity contribution in [1.29, 1.82) is 0 Å². The predicted molar refractivity (Wildman–Crippen MR) is 122 cm³/mol. The lowest BCUT2D eigenvalue weighted by Gasteiger charge is -2.27. The summed E-state index contributed by atoms with van der Waals surface area (Å²) in [4.78, 5) is 7.39. The second-order valence-corrected chi connectivity index (χ2v) is 7.81. The summed E-state index contributed by atoms with van der Waals surface area (Å²) in [5.41, 5.74) is 12.2. The molecule has 0 aliphatic heterocycles. The van der Waals surface area contributed by atoms with E-state index in [0.717, 1.165) is 47.1 Å². The maximum absolute atomic E-state index is 6.11. The molecule has 0 atom stereocenters. The summed E-state index contributed by atoms with van der Waals surface area (Å²) in [7, 11) is 1.68. The highest BCUT2D eigenvalue weighted by Gasteiger charge is 2.19. The molecule has 30 heavy (non-hydrogen) atoms. The number of nitrogens with zero attached hydrogens (tertiary/aromatic N) is 3. The van der Waals surface area contributed by atoms with Crippen LogP contribution in [0.15, 0.2) is 72.9 Å². The van der Waals surface area contributed by atoms with Crippen molar-refractivity contribution in [2.75, 3.05) is 12.8 Å². The third-order valence-corrected chi connectivity index (χ3v) is 5.42. The molecule has 0 bridgehead atoms. The minimum atomic E-state index is 0.375. The van der Waals surface area contributed by atoms with E-state index >= 15 is 0 Å². The first-order chi connectivity index (χ1) is 14.5. The van der Waals surface area contributed by atoms with Crippen molar-refractivity contribution in [3.63, 3.8) is 0 Å². The monoisotopic (exact) mass is 400 g/mol. The van der Waals surface area contributed by atoms with Crippen LogP contribution in [0.4, 0.5) is 5.69 Å². The molecular formula is C25H28N4O. The number of ether oxygens (including phenoxy) is 1. The topological polar surface area (TPSA) is 55.8 Å². The molecule has 2 aromatic heterocycles. The van der Waals surface area contributed by atoms with Gasteiger partial charge in [0.1, 0.15) is 11.4 Å². The molecule has 154 valence electrons. The van der Waals surface area contributed by atoms with Gasteiger partial charge in [0.15, 0.2) is 0 Å². The summed E-state index contributed by atoms with van der Waals surface area (Å²) in [5.74, 6) is 0.834. The van der Waals surface area contributed by atoms with Gasteiger partial charge in [0, 0.05) is 36.6 Å². The molecule has 0 spiro atoms. The number of hydrogen-bond acceptors (Lipinski definition) is 4. The minimum absolute atomic E-state index is 0.375. The van der Waals surface area contributed by atoms with Gasteiger partial charge in [-0.2, -0.15) is 0 Å². The zero-order chi connectivity index (χ0) is 21.1. The van der Waals surface area contributed by atoms with Crippen LogP contribution in [-0.4, -0.2) is 27.4 Å². The number of nitrogens with two attached hydrogens (primary N) is 1. The van der Waals surface area contributed by atoms with Gasteiger partial charge in [-0.05, 0) is 55.8 Å². The Morgan fingerprint density at radius 3 is 2.37 bits per heavy atom. The Morgan fingerprint density at radius 1 is 0.967 bits per heavy atom. The third kappa shape index (κ3) is 4.16. The molecule has 0 saturated carbocycles. The molecule has 4 aromatic rings. The van der Waals surface area contributed by atoms with Crippen LogP contribution in [0.1, 0.15) is 25.1 Å². The molecule has 0 aliphatic rings. The summed E-state index contributed by atoms with van der Waals surface area (Å²) < 4.78 is 7.44. The molecule has 0 fully saturated rings. The van der Waals surface area contributed by atoms with Gasteiger partial charge < -0.3 is 14.9 Å². The van der Waals surface area contributed by atoms with E-state index in [4.69, 9.17) is 15.5 Å². The number of nitrogen functional groups attached to an aromatic ring is 1. The first-order valence-corrected chi connectivity index (χ1v) is 10.2. The van der Waals surface area contributed by atoms with Gasteiger partial charge >= 0.3 is 0 Å². The molecule has 2 N–H and O–H groups in total. The SMILES string of the molecule is COc1ccc(-c2nc3ccc(N)cn3c2CN(Cc2ccccc2)C(C)C)cc1. The highest BCUT2D eigenvalue weighted by Crippen LogP contribution is 2.29. The molecule has 4 rings (SSSR count). The van der Waals surface area contributed by atoms with Crippen LogP contribution in [0.25, 0.3) is 16.9 Å². The summed E-state index contributed by atoms with van der Waals surface area (Å²) >= 11 is 0. The fourth-order valence-corrected chi connectivity index (χ4v) is 3.67. The maximum Gasteiger partial charge on any atom is 0.137 e. The Kier molecular flexibility index (Phi) is 5.72. The number of anilines is 1. The second kappa shape index (κ2) is 8.59. The molecule has 0 saturated heterocycles. The zero-order valence-electron chi connectivity index (χ0n) is 17.7. The fourth-order valence-electron chi connectivity index (χ4n) is 3.67. The third-order valence-electron chi connectivity index (χ3n) is 5.42. The van der Waals surface area contributed by atoms with Crippen molar-refractivity contribution in [3.8, 4) is 17.0 Å². The number of aromatic nitrogens is 2. The maximum atomic E-state index is 6.11. The van der Waals surface area contributed by atoms with Crippen molar-refractivity contribution in [2.45, 2.75) is 33.0 Å². The Labute approximate surface area is 177 Å². The largest absolute Gasteiger partial charge is 0.497 e. The number of rotatable bonds is 7. The minimum Gasteiger partial charge on any atom is -0.497 e. The van der Waals surface area contributed by atoms with E-state index in [9.17, 15) is 0 Å². The van der Waals surface area contributed by atoms with E-state index in [1.54, 1.807) is 7.11 Å². The Hall–Kier alpha value is -3.31. The van der Waals surface area contributed by atoms with Crippen molar-refractivity contribution in [3.05, 3.63) is 84.2 Å². The van der Waals surface area contributed by atoms with Crippen LogP contribution in [0.5, 0.6) is 5.75 Å². The summed E-state index contributed by atoms with van der Waals surface area (Å²) in [6.07, 6.45) is 1.96. The number of imidazole rings is 1. The van der Waals surface area contributed by atoms with Crippen LogP contribution in [0, 0.1) is 0 Å². The molecule has 0 aliphatic carbocycles. The lowest BCUT2D eigenvalue weighted by atomic mass is 10.1. The molecule has 0 unspecified atom stereocenters. The zero-order valence-corrected chi connectivity index (χ0v) is 17.7. The standard InChI is InChI=1S/C25H28N4O/c1-18(2)28(15-19-7-5-4-6-8-19)17-23-25(20-9-12-22(30-3)13-10-20)27-24-14-11-21(26)16-29(23)24/h4-14,16,18H,15,17,26H2,1-3H3. The number of hydrogen-bond donors (Lipinski definition) is 1. The van der Waals surface area contributed by atoms with Gasteiger partial charge in [-0.3, -0.25) is 4.90 Å². The number of methoxy groups -OCH3 is 1. The number of pyridine rings is 1. The first kappa shape index (κ1) is 20.0. The molecular weight excluding hydrogens is 372 g/mol. The van der Waals surface area contributed by atoms with E-state index < -0.39 is 0 Å². The van der Waals surface area contributed by atoms with Crippen LogP contribution in [-0.2, 0) is 13.1 Å². The van der Waals surface area contributed by atoms with Crippen LogP contribution in [0.2, 0.25) is 0 Å². The normalized spacial score (nSPS) is 11.5. The number of benzene rings is 2. The van der Waals surface area contributed by atoms with Crippen molar-refractivity contribution in [1.82, 2.24) is 14.3 Å². The average Bonchev–Trinajstić information content (AvgIpc) is 3.11. The predicted octanol–water partition coefficient (Wildman–Crippen LogP) is 5.00. The number of fused-ring (bicyclic) bond motifs is 1. The van der Waals surface area contributed by atoms with Crippen molar-refractivity contribution >= 4 is 11.3 Å². The average molecular weight is 401 g/mol. The Bertz CT molecular complexity index is 1120. The fraction of sp³-hybridized carbons (Fsp3) is 0.240. The summed E-state index contributed by atoms with van der Waals surface area (Å²) in [6, 6.07) is 22.9. The first-order valence-electron chi connectivity index (χ1n) is 10.2. The van der Waals surface area contributed by atoms with Gasteiger partial charge in [-0.15, -0.1) is 0 Å². The Morgan fingerprint density at radius 2 is 1.70 bits per heavy atom. The second-order valence-electron chi connectivity index (χ2n) is 7.81. The van der Waals surface area contributed by atoms with E-state index in [-0.39, 0.29) is 0 Å². The van der Waals surface area contributed by atoms with Crippen LogP contribution in [0.3, 0.4) is 0 Å². The molecule has 5 nitrogen and oxygen atoms in total. The van der Waals surface area contributed by atoms with Crippen LogP contribution >= 0.6 is 0 Å². The van der Waals surface area contributed by atoms with Gasteiger partial charge in [-0.1, -0.05) is 30.3 Å². The van der Waals surface area contributed by atoms with Crippen LogP contribution < -0.4 is 10.5 Å². The molecule has 2 aromatic carbocycles. The lowest BCUT2D eigenvalue weighted by Crippen LogP contribution is -2.30. The van der Waals surface area contributed by atoms with Crippen molar-refractivity contribution in [2.24, 2.45) is 0 Å². The highest BCUT2D eigenvalue weighted by atomic mass is 16.5. The van der Waals surface area contributed by atoms with E-state index in [2.05, 4.69) is 65.6 Å². The smallest absolute Gasteiger partial charge is 0.137 e. The van der Waals surface area contributed by atoms with E-state index in [1.807, 2.05) is 30.5 Å². The summed E-state index contributed by atoms with van der Waals surface area (Å²) in [5, 5.41) is 0. The molecule has 0 amide bonds. The Balaban J connectivity index is 1.77. The quantitative estimate of drug-likeness (QED) is 0.474. The molecule has 5 heteroatoms.